The Balaban J connectivity index is 1.93. The van der Waals surface area contributed by atoms with E-state index in [1.807, 2.05) is 24.3 Å². The number of benzene rings is 2. The number of hydrogen-bond acceptors (Lipinski definition) is 1. The maximum absolute atomic E-state index is 13.6. The first kappa shape index (κ1) is 12.9. The van der Waals surface area contributed by atoms with E-state index in [0.29, 0.717) is 25.0 Å². The van der Waals surface area contributed by atoms with Crippen molar-refractivity contribution >= 4 is 5.78 Å². The Labute approximate surface area is 114 Å². The first-order chi connectivity index (χ1) is 9.56. The molecule has 4 heteroatoms. The second kappa shape index (κ2) is 4.78. The van der Waals surface area contributed by atoms with Crippen LogP contribution in [0.15, 0.2) is 36.4 Å². The molecular weight excluding hydrogens is 265 g/mol. The molecule has 0 unspecified atom stereocenters. The van der Waals surface area contributed by atoms with Crippen LogP contribution in [0.25, 0.3) is 0 Å². The Morgan fingerprint density at radius 3 is 1.95 bits per heavy atom. The molecule has 2 aromatic rings. The van der Waals surface area contributed by atoms with Gasteiger partial charge in [0.25, 0.3) is 0 Å². The van der Waals surface area contributed by atoms with Gasteiger partial charge < -0.3 is 0 Å². The quantitative estimate of drug-likeness (QED) is 0.764. The molecular formula is C16H11F3O. The number of ketones is 1. The van der Waals surface area contributed by atoms with E-state index in [1.165, 1.54) is 0 Å². The number of carbonyl (C=O) groups is 1. The minimum absolute atomic E-state index is 0.464. The van der Waals surface area contributed by atoms with E-state index in [9.17, 15) is 18.0 Å². The van der Waals surface area contributed by atoms with Crippen molar-refractivity contribution in [1.29, 1.82) is 0 Å². The number of Topliss-reactive ketones (excluding diaryl/α,β-unsaturated/α-hetero) is 1. The molecule has 0 saturated heterocycles. The minimum atomic E-state index is -1.14. The lowest BCUT2D eigenvalue weighted by Gasteiger charge is -2.10. The van der Waals surface area contributed by atoms with Crippen LogP contribution in [0.5, 0.6) is 0 Å². The van der Waals surface area contributed by atoms with E-state index in [-0.39, 0.29) is 0 Å². The molecule has 0 heterocycles. The summed E-state index contributed by atoms with van der Waals surface area (Å²) in [7, 11) is 0. The van der Waals surface area contributed by atoms with E-state index in [0.717, 1.165) is 11.1 Å². The third-order valence-corrected chi connectivity index (χ3v) is 3.68. The van der Waals surface area contributed by atoms with Gasteiger partial charge in [0.05, 0.1) is 5.56 Å². The van der Waals surface area contributed by atoms with Gasteiger partial charge in [-0.25, -0.2) is 13.2 Å². The van der Waals surface area contributed by atoms with Crippen LogP contribution in [-0.4, -0.2) is 5.78 Å². The summed E-state index contributed by atoms with van der Waals surface area (Å²) in [5.41, 5.74) is 1.41. The van der Waals surface area contributed by atoms with Crippen molar-refractivity contribution in [2.24, 2.45) is 5.92 Å². The van der Waals surface area contributed by atoms with Crippen molar-refractivity contribution in [3.05, 3.63) is 70.5 Å². The van der Waals surface area contributed by atoms with Crippen LogP contribution >= 0.6 is 0 Å². The fourth-order valence-electron chi connectivity index (χ4n) is 2.73. The molecule has 0 aromatic heterocycles. The Morgan fingerprint density at radius 2 is 1.45 bits per heavy atom. The average Bonchev–Trinajstić information content (AvgIpc) is 2.81. The Morgan fingerprint density at radius 1 is 0.950 bits per heavy atom. The monoisotopic (exact) mass is 276 g/mol. The molecule has 0 radical (unpaired) electrons. The normalized spacial score (nSPS) is 14.3. The van der Waals surface area contributed by atoms with Gasteiger partial charge in [0.2, 0.25) is 0 Å². The van der Waals surface area contributed by atoms with Gasteiger partial charge in [0.1, 0.15) is 17.5 Å². The van der Waals surface area contributed by atoms with E-state index in [4.69, 9.17) is 0 Å². The van der Waals surface area contributed by atoms with Crippen LogP contribution < -0.4 is 0 Å². The molecule has 20 heavy (non-hydrogen) atoms. The summed E-state index contributed by atoms with van der Waals surface area (Å²) >= 11 is 0. The molecule has 0 atom stereocenters. The molecule has 3 rings (SSSR count). The van der Waals surface area contributed by atoms with Crippen molar-refractivity contribution in [3.63, 3.8) is 0 Å². The lowest BCUT2D eigenvalue weighted by molar-refractivity contribution is 0.0916. The smallest absolute Gasteiger partial charge is 0.172 e. The Bertz CT molecular complexity index is 646. The second-order valence-corrected chi connectivity index (χ2v) is 4.98. The van der Waals surface area contributed by atoms with E-state index < -0.39 is 34.7 Å². The number of fused-ring (bicyclic) bond motifs is 1. The summed E-state index contributed by atoms with van der Waals surface area (Å²) in [6, 6.07) is 8.62. The van der Waals surface area contributed by atoms with E-state index in [1.54, 1.807) is 0 Å². The average molecular weight is 276 g/mol. The topological polar surface area (TPSA) is 17.1 Å². The molecule has 0 N–H and O–H groups in total. The maximum Gasteiger partial charge on any atom is 0.172 e. The Hall–Kier alpha value is -2.10. The standard InChI is InChI=1S/C16H11F3O/c17-12-7-13(18)15(14(19)8-12)16(20)11-5-9-3-1-2-4-10(9)6-11/h1-4,7-8,11H,5-6H2. The van der Waals surface area contributed by atoms with Gasteiger partial charge in [-0.3, -0.25) is 4.79 Å². The zero-order valence-electron chi connectivity index (χ0n) is 10.5. The summed E-state index contributed by atoms with van der Waals surface area (Å²) in [4.78, 5) is 12.3. The van der Waals surface area contributed by atoms with Gasteiger partial charge in [-0.1, -0.05) is 24.3 Å². The fraction of sp³-hybridized carbons (Fsp3) is 0.188. The van der Waals surface area contributed by atoms with Gasteiger partial charge in [-0.2, -0.15) is 0 Å². The lowest BCUT2D eigenvalue weighted by Crippen LogP contribution is -2.18. The summed E-state index contributed by atoms with van der Waals surface area (Å²) < 4.78 is 40.2. The zero-order chi connectivity index (χ0) is 14.3. The van der Waals surface area contributed by atoms with Crippen LogP contribution in [0, 0.1) is 23.4 Å². The third-order valence-electron chi connectivity index (χ3n) is 3.68. The van der Waals surface area contributed by atoms with Crippen molar-refractivity contribution in [1.82, 2.24) is 0 Å². The molecule has 1 aliphatic rings. The van der Waals surface area contributed by atoms with Crippen LogP contribution in [-0.2, 0) is 12.8 Å². The molecule has 1 nitrogen and oxygen atoms in total. The van der Waals surface area contributed by atoms with Gasteiger partial charge in [-0.05, 0) is 24.0 Å². The highest BCUT2D eigenvalue weighted by Gasteiger charge is 2.31. The predicted molar refractivity (Wildman–Crippen MR) is 68.0 cm³/mol. The molecule has 102 valence electrons. The SMILES string of the molecule is O=C(c1c(F)cc(F)cc1F)C1Cc2ccccc2C1. The zero-order valence-corrected chi connectivity index (χ0v) is 10.5. The van der Waals surface area contributed by atoms with Gasteiger partial charge in [0.15, 0.2) is 5.78 Å². The van der Waals surface area contributed by atoms with Crippen molar-refractivity contribution in [3.8, 4) is 0 Å². The maximum atomic E-state index is 13.6. The molecule has 0 saturated carbocycles. The number of rotatable bonds is 2. The number of carbonyl (C=O) groups excluding carboxylic acids is 1. The van der Waals surface area contributed by atoms with Crippen molar-refractivity contribution in [2.45, 2.75) is 12.8 Å². The van der Waals surface area contributed by atoms with Crippen LogP contribution in [0.3, 0.4) is 0 Å². The summed E-state index contributed by atoms with van der Waals surface area (Å²) in [5.74, 6) is -4.38. The highest BCUT2D eigenvalue weighted by molar-refractivity contribution is 5.99. The van der Waals surface area contributed by atoms with E-state index in [2.05, 4.69) is 0 Å². The number of halogens is 3. The molecule has 0 bridgehead atoms. The summed E-state index contributed by atoms with van der Waals surface area (Å²) in [6.07, 6.45) is 0.927. The lowest BCUT2D eigenvalue weighted by atomic mass is 9.94. The van der Waals surface area contributed by atoms with Gasteiger partial charge >= 0.3 is 0 Å². The van der Waals surface area contributed by atoms with Crippen molar-refractivity contribution in [2.75, 3.05) is 0 Å². The predicted octanol–water partition coefficient (Wildman–Crippen LogP) is 3.70. The summed E-state index contributed by atoms with van der Waals surface area (Å²) in [5, 5.41) is 0. The highest BCUT2D eigenvalue weighted by atomic mass is 19.1. The molecule has 0 spiro atoms. The summed E-state index contributed by atoms with van der Waals surface area (Å²) in [6.45, 7) is 0. The Kier molecular flexibility index (Phi) is 3.08. The molecule has 0 aliphatic heterocycles. The fourth-order valence-corrected chi connectivity index (χ4v) is 2.73. The minimum Gasteiger partial charge on any atom is -0.294 e. The van der Waals surface area contributed by atoms with Gasteiger partial charge in [0, 0.05) is 18.1 Å². The first-order valence-electron chi connectivity index (χ1n) is 6.32. The molecule has 1 aliphatic carbocycles. The van der Waals surface area contributed by atoms with E-state index >= 15 is 0 Å². The van der Waals surface area contributed by atoms with Gasteiger partial charge in [-0.15, -0.1) is 0 Å². The van der Waals surface area contributed by atoms with Crippen LogP contribution in [0.4, 0.5) is 13.2 Å². The highest BCUT2D eigenvalue weighted by Crippen LogP contribution is 2.30. The van der Waals surface area contributed by atoms with Crippen LogP contribution in [0.1, 0.15) is 21.5 Å². The van der Waals surface area contributed by atoms with Crippen LogP contribution in [0.2, 0.25) is 0 Å². The molecule has 2 aromatic carbocycles. The largest absolute Gasteiger partial charge is 0.294 e. The number of hydrogen-bond donors (Lipinski definition) is 0. The van der Waals surface area contributed by atoms with Crippen molar-refractivity contribution < 1.29 is 18.0 Å². The molecule has 0 amide bonds. The first-order valence-corrected chi connectivity index (χ1v) is 6.32. The second-order valence-electron chi connectivity index (χ2n) is 4.98. The molecule has 0 fully saturated rings. The third kappa shape index (κ3) is 2.11.